The Bertz CT molecular complexity index is 282. The average Bonchev–Trinajstić information content (AvgIpc) is 2.74. The molecule has 3 unspecified atom stereocenters. The van der Waals surface area contributed by atoms with Crippen LogP contribution >= 0.6 is 0 Å². The number of halogens is 3. The lowest BCUT2D eigenvalue weighted by molar-refractivity contribution is -0.171. The van der Waals surface area contributed by atoms with Crippen molar-refractivity contribution in [3.63, 3.8) is 0 Å². The summed E-state index contributed by atoms with van der Waals surface area (Å²) in [6, 6.07) is -0.245. The molecule has 1 heterocycles. The van der Waals surface area contributed by atoms with Crippen LogP contribution in [-0.4, -0.2) is 36.1 Å². The summed E-state index contributed by atoms with van der Waals surface area (Å²) in [6.07, 6.45) is -4.04. The smallest absolute Gasteiger partial charge is 0.299 e. The van der Waals surface area contributed by atoms with Gasteiger partial charge in [-0.2, -0.15) is 13.2 Å². The average molecular weight is 253 g/mol. The maximum Gasteiger partial charge on any atom is 0.393 e. The van der Waals surface area contributed by atoms with Crippen LogP contribution in [0, 0.1) is 11.8 Å². The minimum Gasteiger partial charge on any atom is -0.299 e. The summed E-state index contributed by atoms with van der Waals surface area (Å²) in [5.74, 6) is 2.95. The van der Waals surface area contributed by atoms with Crippen molar-refractivity contribution in [2.24, 2.45) is 17.7 Å². The largest absolute Gasteiger partial charge is 0.393 e. The Morgan fingerprint density at radius 2 is 2.06 bits per heavy atom. The highest BCUT2D eigenvalue weighted by molar-refractivity contribution is 5.78. The van der Waals surface area contributed by atoms with Crippen molar-refractivity contribution in [1.29, 1.82) is 0 Å². The Morgan fingerprint density at radius 1 is 1.47 bits per heavy atom. The lowest BCUT2D eigenvalue weighted by Gasteiger charge is -2.28. The van der Waals surface area contributed by atoms with Crippen LogP contribution in [0.4, 0.5) is 13.2 Å². The number of carbonyl (C=O) groups is 1. The van der Waals surface area contributed by atoms with Gasteiger partial charge in [-0.15, -0.1) is 0 Å². The van der Waals surface area contributed by atoms with E-state index in [1.807, 2.05) is 5.43 Å². The molecule has 0 bridgehead atoms. The SMILES string of the molecule is CC(C(=O)NN)C(C)N1CCC(C(F)(F)F)C1. The number of hydrogen-bond acceptors (Lipinski definition) is 3. The van der Waals surface area contributed by atoms with E-state index in [1.54, 1.807) is 18.7 Å². The molecule has 0 aromatic carbocycles. The first-order chi connectivity index (χ1) is 7.77. The van der Waals surface area contributed by atoms with Crippen molar-refractivity contribution < 1.29 is 18.0 Å². The fourth-order valence-corrected chi connectivity index (χ4v) is 2.09. The molecular formula is C10H18F3N3O. The Hall–Kier alpha value is -0.820. The van der Waals surface area contributed by atoms with Crippen LogP contribution < -0.4 is 11.3 Å². The zero-order valence-corrected chi connectivity index (χ0v) is 9.92. The molecule has 0 saturated carbocycles. The highest BCUT2D eigenvalue weighted by Crippen LogP contribution is 2.34. The van der Waals surface area contributed by atoms with Crippen molar-refractivity contribution in [3.8, 4) is 0 Å². The predicted octanol–water partition coefficient (Wildman–Crippen LogP) is 0.885. The number of amides is 1. The molecule has 0 radical (unpaired) electrons. The van der Waals surface area contributed by atoms with Gasteiger partial charge in [-0.05, 0) is 19.9 Å². The van der Waals surface area contributed by atoms with Gasteiger partial charge in [0.15, 0.2) is 0 Å². The number of hydrazine groups is 1. The van der Waals surface area contributed by atoms with Crippen LogP contribution in [0.15, 0.2) is 0 Å². The van der Waals surface area contributed by atoms with Gasteiger partial charge >= 0.3 is 6.18 Å². The van der Waals surface area contributed by atoms with Crippen LogP contribution in [0.1, 0.15) is 20.3 Å². The molecule has 4 nitrogen and oxygen atoms in total. The van der Waals surface area contributed by atoms with Crippen molar-refractivity contribution in [3.05, 3.63) is 0 Å². The summed E-state index contributed by atoms with van der Waals surface area (Å²) in [5, 5.41) is 0. The van der Waals surface area contributed by atoms with E-state index >= 15 is 0 Å². The number of hydrogen-bond donors (Lipinski definition) is 2. The summed E-state index contributed by atoms with van der Waals surface area (Å²) in [5.41, 5.74) is 2.02. The zero-order chi connectivity index (χ0) is 13.2. The number of nitrogens with two attached hydrogens (primary N) is 1. The molecule has 100 valence electrons. The normalized spacial score (nSPS) is 25.6. The van der Waals surface area contributed by atoms with Gasteiger partial charge in [-0.25, -0.2) is 5.84 Å². The highest BCUT2D eigenvalue weighted by Gasteiger charge is 2.45. The lowest BCUT2D eigenvalue weighted by atomic mass is 10.0. The summed E-state index contributed by atoms with van der Waals surface area (Å²) < 4.78 is 37.5. The summed E-state index contributed by atoms with van der Waals surface area (Å²) in [4.78, 5) is 13.0. The van der Waals surface area contributed by atoms with E-state index < -0.39 is 18.0 Å². The number of carbonyl (C=O) groups excluding carboxylic acids is 1. The molecule has 3 atom stereocenters. The molecule has 1 aliphatic heterocycles. The van der Waals surface area contributed by atoms with E-state index in [0.717, 1.165) is 0 Å². The second kappa shape index (κ2) is 5.22. The van der Waals surface area contributed by atoms with Crippen molar-refractivity contribution >= 4 is 5.91 Å². The molecule has 17 heavy (non-hydrogen) atoms. The molecule has 0 spiro atoms. The summed E-state index contributed by atoms with van der Waals surface area (Å²) >= 11 is 0. The third-order valence-electron chi connectivity index (χ3n) is 3.54. The van der Waals surface area contributed by atoms with Crippen molar-refractivity contribution in [1.82, 2.24) is 10.3 Å². The zero-order valence-electron chi connectivity index (χ0n) is 9.92. The Balaban J connectivity index is 2.56. The summed E-state index contributed by atoms with van der Waals surface area (Å²) in [6.45, 7) is 3.74. The number of alkyl halides is 3. The lowest BCUT2D eigenvalue weighted by Crippen LogP contribution is -2.45. The van der Waals surface area contributed by atoms with E-state index in [2.05, 4.69) is 0 Å². The molecule has 1 amide bonds. The van der Waals surface area contributed by atoms with E-state index in [4.69, 9.17) is 5.84 Å². The maximum absolute atomic E-state index is 12.5. The molecule has 0 aliphatic carbocycles. The number of nitrogens with one attached hydrogen (secondary N) is 1. The molecular weight excluding hydrogens is 235 g/mol. The molecule has 3 N–H and O–H groups in total. The second-order valence-corrected chi connectivity index (χ2v) is 4.56. The highest BCUT2D eigenvalue weighted by atomic mass is 19.4. The number of rotatable bonds is 3. The predicted molar refractivity (Wildman–Crippen MR) is 56.7 cm³/mol. The van der Waals surface area contributed by atoms with Crippen molar-refractivity contribution in [2.45, 2.75) is 32.5 Å². The van der Waals surface area contributed by atoms with Gasteiger partial charge in [-0.1, -0.05) is 6.92 Å². The van der Waals surface area contributed by atoms with E-state index in [-0.39, 0.29) is 24.9 Å². The topological polar surface area (TPSA) is 58.4 Å². The third kappa shape index (κ3) is 3.32. The van der Waals surface area contributed by atoms with Crippen LogP contribution in [0.2, 0.25) is 0 Å². The van der Waals surface area contributed by atoms with Gasteiger partial charge in [0.25, 0.3) is 0 Å². The van der Waals surface area contributed by atoms with E-state index in [0.29, 0.717) is 6.54 Å². The fourth-order valence-electron chi connectivity index (χ4n) is 2.09. The molecule has 1 fully saturated rings. The van der Waals surface area contributed by atoms with Gasteiger partial charge in [0, 0.05) is 12.6 Å². The molecule has 0 aromatic rings. The van der Waals surface area contributed by atoms with Crippen LogP contribution in [0.25, 0.3) is 0 Å². The van der Waals surface area contributed by atoms with E-state index in [9.17, 15) is 18.0 Å². The van der Waals surface area contributed by atoms with Crippen molar-refractivity contribution in [2.75, 3.05) is 13.1 Å². The molecule has 1 aliphatic rings. The van der Waals surface area contributed by atoms with Gasteiger partial charge < -0.3 is 0 Å². The third-order valence-corrected chi connectivity index (χ3v) is 3.54. The minimum absolute atomic E-state index is 0.0349. The van der Waals surface area contributed by atoms with Gasteiger partial charge in [0.05, 0.1) is 11.8 Å². The maximum atomic E-state index is 12.5. The quantitative estimate of drug-likeness (QED) is 0.446. The minimum atomic E-state index is -4.15. The van der Waals surface area contributed by atoms with Crippen LogP contribution in [0.3, 0.4) is 0 Å². The fraction of sp³-hybridized carbons (Fsp3) is 0.900. The van der Waals surface area contributed by atoms with Crippen LogP contribution in [0.5, 0.6) is 0 Å². The van der Waals surface area contributed by atoms with E-state index in [1.165, 1.54) is 0 Å². The van der Waals surface area contributed by atoms with Gasteiger partial charge in [0.1, 0.15) is 0 Å². The monoisotopic (exact) mass is 253 g/mol. The number of nitrogens with zero attached hydrogens (tertiary/aromatic N) is 1. The molecule has 1 rings (SSSR count). The summed E-state index contributed by atoms with van der Waals surface area (Å²) in [7, 11) is 0. The van der Waals surface area contributed by atoms with Gasteiger partial charge in [-0.3, -0.25) is 15.1 Å². The molecule has 0 aromatic heterocycles. The number of likely N-dealkylation sites (tertiary alicyclic amines) is 1. The molecule has 1 saturated heterocycles. The first-order valence-corrected chi connectivity index (χ1v) is 5.58. The Morgan fingerprint density at radius 3 is 2.47 bits per heavy atom. The van der Waals surface area contributed by atoms with Gasteiger partial charge in [0.2, 0.25) is 5.91 Å². The van der Waals surface area contributed by atoms with Crippen LogP contribution in [-0.2, 0) is 4.79 Å². The standard InChI is InChI=1S/C10H18F3N3O/c1-6(9(17)15-14)7(2)16-4-3-8(5-16)10(11,12)13/h6-8H,3-5,14H2,1-2H3,(H,15,17). The second-order valence-electron chi connectivity index (χ2n) is 4.56. The first kappa shape index (κ1) is 14.2. The molecule has 7 heteroatoms. The first-order valence-electron chi connectivity index (χ1n) is 5.58. The Kier molecular flexibility index (Phi) is 4.37. The Labute approximate surface area is 98.3 Å².